The number of halogens is 3. The third kappa shape index (κ3) is 5.03. The van der Waals surface area contributed by atoms with Gasteiger partial charge in [0.15, 0.2) is 0 Å². The van der Waals surface area contributed by atoms with Gasteiger partial charge >= 0.3 is 6.18 Å². The molecule has 6 nitrogen and oxygen atoms in total. The minimum Gasteiger partial charge on any atom is -0.394 e. The maximum Gasteiger partial charge on any atom is 0.433 e. The van der Waals surface area contributed by atoms with Crippen LogP contribution in [0.1, 0.15) is 62.1 Å². The van der Waals surface area contributed by atoms with E-state index in [0.717, 1.165) is 45.1 Å². The molecule has 180 valence electrons. The van der Waals surface area contributed by atoms with E-state index in [1.165, 1.54) is 12.6 Å². The first-order valence-corrected chi connectivity index (χ1v) is 11.5. The van der Waals surface area contributed by atoms with Crippen LogP contribution in [0.4, 0.5) is 30.4 Å². The Morgan fingerprint density at radius 1 is 1.15 bits per heavy atom. The molecule has 9 heteroatoms. The maximum absolute atomic E-state index is 13.4. The van der Waals surface area contributed by atoms with E-state index in [2.05, 4.69) is 14.9 Å². The normalized spacial score (nSPS) is 18.3. The van der Waals surface area contributed by atoms with Crippen LogP contribution in [0.3, 0.4) is 0 Å². The van der Waals surface area contributed by atoms with Crippen LogP contribution < -0.4 is 16.4 Å². The fourth-order valence-electron chi connectivity index (χ4n) is 5.13. The highest BCUT2D eigenvalue weighted by Crippen LogP contribution is 2.46. The molecule has 2 aliphatic rings. The molecule has 2 aliphatic carbocycles. The van der Waals surface area contributed by atoms with Crippen molar-refractivity contribution in [2.75, 3.05) is 43.7 Å². The fourth-order valence-corrected chi connectivity index (χ4v) is 5.13. The molecule has 2 fully saturated rings. The van der Waals surface area contributed by atoms with Crippen LogP contribution in [0.2, 0.25) is 0 Å². The number of hydrogen-bond acceptors (Lipinski definition) is 6. The third-order valence-corrected chi connectivity index (χ3v) is 6.91. The summed E-state index contributed by atoms with van der Waals surface area (Å²) in [6.45, 7) is 1.41. The van der Waals surface area contributed by atoms with E-state index in [1.54, 1.807) is 19.2 Å². The Morgan fingerprint density at radius 2 is 1.85 bits per heavy atom. The number of hydrogen-bond donors (Lipinski definition) is 2. The lowest BCUT2D eigenvalue weighted by Gasteiger charge is -2.40. The summed E-state index contributed by atoms with van der Waals surface area (Å²) >= 11 is 0. The topological polar surface area (TPSA) is 90.3 Å². The number of aromatic nitrogens is 2. The number of nitrogens with two attached hydrogens (primary N) is 2. The third-order valence-electron chi connectivity index (χ3n) is 6.91. The standard InChI is InChI=1S/C24H32F3N5O/c1-32(13-23(14-33-2)8-4-3-5-9-23)19-11-18(31-22(29)20(19)28)16-10-17(15-6-7-15)21(30-12-16)24(25,26)27/h10-12,15H,3-9,13-14,28H2,1-2H3,(H2,29,31). The largest absolute Gasteiger partial charge is 0.433 e. The molecule has 0 unspecified atom stereocenters. The highest BCUT2D eigenvalue weighted by molar-refractivity contribution is 5.82. The van der Waals surface area contributed by atoms with Crippen molar-refractivity contribution in [2.45, 2.75) is 57.0 Å². The Hall–Kier alpha value is -2.55. The van der Waals surface area contributed by atoms with Crippen LogP contribution in [0, 0.1) is 5.41 Å². The van der Waals surface area contributed by atoms with Crippen molar-refractivity contribution in [2.24, 2.45) is 5.41 Å². The van der Waals surface area contributed by atoms with Crippen molar-refractivity contribution in [3.05, 3.63) is 29.6 Å². The zero-order valence-electron chi connectivity index (χ0n) is 19.2. The van der Waals surface area contributed by atoms with E-state index >= 15 is 0 Å². The van der Waals surface area contributed by atoms with Gasteiger partial charge in [-0.1, -0.05) is 19.3 Å². The number of nitrogen functional groups attached to an aromatic ring is 2. The van der Waals surface area contributed by atoms with Crippen LogP contribution in [0.25, 0.3) is 11.3 Å². The predicted octanol–water partition coefficient (Wildman–Crippen LogP) is 5.24. The molecule has 33 heavy (non-hydrogen) atoms. The molecule has 2 heterocycles. The zero-order chi connectivity index (χ0) is 23.8. The van der Waals surface area contributed by atoms with Gasteiger partial charge < -0.3 is 21.1 Å². The lowest BCUT2D eigenvalue weighted by molar-refractivity contribution is -0.141. The van der Waals surface area contributed by atoms with E-state index in [0.29, 0.717) is 29.2 Å². The molecule has 0 aromatic carbocycles. The van der Waals surface area contributed by atoms with Crippen molar-refractivity contribution >= 4 is 17.2 Å². The molecule has 2 aromatic rings. The summed E-state index contributed by atoms with van der Waals surface area (Å²) in [7, 11) is 3.68. The number of rotatable bonds is 7. The van der Waals surface area contributed by atoms with Gasteiger partial charge in [0.05, 0.1) is 23.7 Å². The van der Waals surface area contributed by atoms with E-state index in [-0.39, 0.29) is 22.7 Å². The van der Waals surface area contributed by atoms with Gasteiger partial charge in [0.2, 0.25) is 0 Å². The van der Waals surface area contributed by atoms with Crippen molar-refractivity contribution in [1.29, 1.82) is 0 Å². The van der Waals surface area contributed by atoms with Gasteiger partial charge in [-0.25, -0.2) is 4.98 Å². The number of pyridine rings is 2. The molecule has 0 bridgehead atoms. The van der Waals surface area contributed by atoms with Crippen LogP contribution in [0.5, 0.6) is 0 Å². The monoisotopic (exact) mass is 463 g/mol. The summed E-state index contributed by atoms with van der Waals surface area (Å²) < 4.78 is 45.9. The van der Waals surface area contributed by atoms with Gasteiger partial charge in [0.25, 0.3) is 0 Å². The minimum absolute atomic E-state index is 0.0292. The van der Waals surface area contributed by atoms with Gasteiger partial charge in [-0.3, -0.25) is 4.98 Å². The second-order valence-corrected chi connectivity index (χ2v) is 9.61. The summed E-state index contributed by atoms with van der Waals surface area (Å²) in [5, 5.41) is 0. The predicted molar refractivity (Wildman–Crippen MR) is 124 cm³/mol. The van der Waals surface area contributed by atoms with Gasteiger partial charge in [-0.05, 0) is 49.3 Å². The quantitative estimate of drug-likeness (QED) is 0.584. The second kappa shape index (κ2) is 9.00. The number of anilines is 3. The molecular weight excluding hydrogens is 431 g/mol. The molecule has 0 atom stereocenters. The van der Waals surface area contributed by atoms with Crippen LogP contribution >= 0.6 is 0 Å². The smallest absolute Gasteiger partial charge is 0.394 e. The minimum atomic E-state index is -4.48. The molecule has 4 rings (SSSR count). The highest BCUT2D eigenvalue weighted by atomic mass is 19.4. The average Bonchev–Trinajstić information content (AvgIpc) is 3.60. The van der Waals surface area contributed by atoms with Crippen molar-refractivity contribution < 1.29 is 17.9 Å². The molecule has 4 N–H and O–H groups in total. The highest BCUT2D eigenvalue weighted by Gasteiger charge is 2.40. The second-order valence-electron chi connectivity index (χ2n) is 9.61. The molecule has 0 amide bonds. The number of nitrogens with zero attached hydrogens (tertiary/aromatic N) is 3. The molecule has 0 aliphatic heterocycles. The van der Waals surface area contributed by atoms with E-state index in [4.69, 9.17) is 16.2 Å². The maximum atomic E-state index is 13.4. The van der Waals surface area contributed by atoms with Crippen LogP contribution in [-0.2, 0) is 10.9 Å². The first-order valence-electron chi connectivity index (χ1n) is 11.5. The number of ether oxygens (including phenoxy) is 1. The van der Waals surface area contributed by atoms with Gasteiger partial charge in [0.1, 0.15) is 11.5 Å². The van der Waals surface area contributed by atoms with Gasteiger partial charge in [-0.2, -0.15) is 13.2 Å². The van der Waals surface area contributed by atoms with Gasteiger partial charge in [-0.15, -0.1) is 0 Å². The van der Waals surface area contributed by atoms with Crippen molar-refractivity contribution in [3.63, 3.8) is 0 Å². The molecule has 2 saturated carbocycles. The molecule has 0 radical (unpaired) electrons. The Morgan fingerprint density at radius 3 is 2.45 bits per heavy atom. The van der Waals surface area contributed by atoms with E-state index in [9.17, 15) is 13.2 Å². The summed E-state index contributed by atoms with van der Waals surface area (Å²) in [6.07, 6.45) is 3.93. The Labute approximate surface area is 192 Å². The zero-order valence-corrected chi connectivity index (χ0v) is 19.2. The molecule has 0 saturated heterocycles. The number of alkyl halides is 3. The van der Waals surface area contributed by atoms with Crippen LogP contribution in [0.15, 0.2) is 18.3 Å². The average molecular weight is 464 g/mol. The van der Waals surface area contributed by atoms with Gasteiger partial charge in [0, 0.05) is 37.9 Å². The van der Waals surface area contributed by atoms with Crippen molar-refractivity contribution in [3.8, 4) is 11.3 Å². The van der Waals surface area contributed by atoms with E-state index < -0.39 is 11.9 Å². The summed E-state index contributed by atoms with van der Waals surface area (Å²) in [5.41, 5.74) is 13.9. The SMILES string of the molecule is COCC1(CN(C)c2cc(-c3cnc(C(F)(F)F)c(C4CC4)c3)nc(N)c2N)CCCCC1. The first kappa shape index (κ1) is 23.6. The number of methoxy groups -OCH3 is 1. The Bertz CT molecular complexity index is 995. The van der Waals surface area contributed by atoms with Crippen LogP contribution in [-0.4, -0.2) is 37.3 Å². The molecule has 2 aromatic heterocycles. The lowest BCUT2D eigenvalue weighted by Crippen LogP contribution is -2.41. The van der Waals surface area contributed by atoms with Crippen molar-refractivity contribution in [1.82, 2.24) is 9.97 Å². The molecular formula is C24H32F3N5O. The Balaban J connectivity index is 1.68. The fraction of sp³-hybridized carbons (Fsp3) is 0.583. The summed E-state index contributed by atoms with van der Waals surface area (Å²) in [4.78, 5) is 10.2. The Kier molecular flexibility index (Phi) is 6.44. The summed E-state index contributed by atoms with van der Waals surface area (Å²) in [5.74, 6) is 0.0502. The molecule has 0 spiro atoms. The first-order chi connectivity index (χ1) is 15.6. The summed E-state index contributed by atoms with van der Waals surface area (Å²) in [6, 6.07) is 3.36. The lowest BCUT2D eigenvalue weighted by atomic mass is 9.74. The van der Waals surface area contributed by atoms with E-state index in [1.807, 2.05) is 7.05 Å².